The van der Waals surface area contributed by atoms with Crippen LogP contribution < -0.4 is 5.32 Å². The molecule has 1 aromatic carbocycles. The zero-order valence-electron chi connectivity index (χ0n) is 12.4. The molecule has 4 nitrogen and oxygen atoms in total. The van der Waals surface area contributed by atoms with Crippen LogP contribution in [0.25, 0.3) is 0 Å². The maximum atomic E-state index is 12.4. The molecule has 1 atom stereocenters. The van der Waals surface area contributed by atoms with Crippen LogP contribution >= 0.6 is 11.6 Å². The lowest BCUT2D eigenvalue weighted by molar-refractivity contribution is 0.187. The first-order chi connectivity index (χ1) is 10.1. The van der Waals surface area contributed by atoms with Crippen molar-refractivity contribution in [3.8, 4) is 0 Å². The monoisotopic (exact) mass is 310 g/mol. The molecule has 1 saturated carbocycles. The lowest BCUT2D eigenvalue weighted by Crippen LogP contribution is -2.43. The predicted octanol–water partition coefficient (Wildman–Crippen LogP) is 3.35. The molecule has 0 bridgehead atoms. The Morgan fingerprint density at radius 2 is 2.14 bits per heavy atom. The van der Waals surface area contributed by atoms with E-state index in [0.29, 0.717) is 17.6 Å². The largest absolute Gasteiger partial charge is 0.396 e. The van der Waals surface area contributed by atoms with Crippen LogP contribution in [0.2, 0.25) is 5.02 Å². The summed E-state index contributed by atoms with van der Waals surface area (Å²) in [5, 5.41) is 12.6. The lowest BCUT2D eigenvalue weighted by atomic mass is 10.1. The molecule has 0 saturated heterocycles. The minimum atomic E-state index is -0.120. The number of nitrogens with zero attached hydrogens (tertiary/aromatic N) is 1. The molecule has 1 unspecified atom stereocenters. The number of carbonyl (C=O) groups excluding carboxylic acids is 1. The average Bonchev–Trinajstić information content (AvgIpc) is 3.28. The number of aliphatic hydroxyl groups excluding tert-OH is 1. The molecule has 1 aromatic rings. The number of nitrogens with one attached hydrogen (secondary N) is 1. The molecule has 5 heteroatoms. The van der Waals surface area contributed by atoms with E-state index >= 15 is 0 Å². The standard InChI is InChI=1S/C16H23ClN2O2/c1-12(14-6-2-3-7-15(14)17)18-16(21)19(13-8-9-13)10-4-5-11-20/h2-3,6-7,12-13,20H,4-5,8-11H2,1H3,(H,18,21). The zero-order chi connectivity index (χ0) is 15.2. The highest BCUT2D eigenvalue weighted by Crippen LogP contribution is 2.28. The number of carbonyl (C=O) groups is 1. The van der Waals surface area contributed by atoms with Crippen LogP contribution in [-0.4, -0.2) is 35.2 Å². The first-order valence-electron chi connectivity index (χ1n) is 7.56. The van der Waals surface area contributed by atoms with Crippen molar-refractivity contribution < 1.29 is 9.90 Å². The van der Waals surface area contributed by atoms with Gasteiger partial charge in [-0.3, -0.25) is 0 Å². The minimum absolute atomic E-state index is 0.0390. The van der Waals surface area contributed by atoms with Crippen molar-refractivity contribution in [2.24, 2.45) is 0 Å². The Labute approximate surface area is 131 Å². The molecule has 0 heterocycles. The van der Waals surface area contributed by atoms with E-state index in [2.05, 4.69) is 5.32 Å². The van der Waals surface area contributed by atoms with Crippen LogP contribution in [0.3, 0.4) is 0 Å². The number of benzene rings is 1. The zero-order valence-corrected chi connectivity index (χ0v) is 13.1. The molecule has 116 valence electrons. The Morgan fingerprint density at radius 1 is 1.43 bits per heavy atom. The highest BCUT2D eigenvalue weighted by molar-refractivity contribution is 6.31. The molecule has 0 aliphatic heterocycles. The predicted molar refractivity (Wildman–Crippen MR) is 84.4 cm³/mol. The molecule has 2 rings (SSSR count). The van der Waals surface area contributed by atoms with Crippen molar-refractivity contribution in [3.63, 3.8) is 0 Å². The average molecular weight is 311 g/mol. The number of amides is 2. The van der Waals surface area contributed by atoms with Gasteiger partial charge in [-0.2, -0.15) is 0 Å². The second-order valence-corrected chi connectivity index (χ2v) is 5.96. The quantitative estimate of drug-likeness (QED) is 0.759. The van der Waals surface area contributed by atoms with Crippen LogP contribution in [0.5, 0.6) is 0 Å². The van der Waals surface area contributed by atoms with E-state index in [0.717, 1.165) is 31.2 Å². The van der Waals surface area contributed by atoms with Gasteiger partial charge >= 0.3 is 6.03 Å². The topological polar surface area (TPSA) is 52.6 Å². The van der Waals surface area contributed by atoms with Gasteiger partial charge in [0.25, 0.3) is 0 Å². The number of unbranched alkanes of at least 4 members (excludes halogenated alkanes) is 1. The second-order valence-electron chi connectivity index (χ2n) is 5.55. The summed E-state index contributed by atoms with van der Waals surface area (Å²) in [7, 11) is 0. The van der Waals surface area contributed by atoms with Crippen molar-refractivity contribution in [3.05, 3.63) is 34.9 Å². The highest BCUT2D eigenvalue weighted by atomic mass is 35.5. The van der Waals surface area contributed by atoms with E-state index in [-0.39, 0.29) is 18.7 Å². The number of hydrogen-bond acceptors (Lipinski definition) is 2. The van der Waals surface area contributed by atoms with Gasteiger partial charge in [0.05, 0.1) is 6.04 Å². The van der Waals surface area contributed by atoms with Gasteiger partial charge in [-0.1, -0.05) is 29.8 Å². The molecule has 1 aliphatic rings. The van der Waals surface area contributed by atoms with E-state index in [1.165, 1.54) is 0 Å². The SMILES string of the molecule is CC(NC(=O)N(CCCCO)C1CC1)c1ccccc1Cl. The third-order valence-electron chi connectivity index (χ3n) is 3.77. The van der Waals surface area contributed by atoms with Crippen LogP contribution in [-0.2, 0) is 0 Å². The summed E-state index contributed by atoms with van der Waals surface area (Å²) in [4.78, 5) is 14.3. The van der Waals surface area contributed by atoms with Crippen molar-refractivity contribution in [2.75, 3.05) is 13.2 Å². The van der Waals surface area contributed by atoms with Gasteiger partial charge in [-0.25, -0.2) is 4.79 Å². The summed E-state index contributed by atoms with van der Waals surface area (Å²) in [6, 6.07) is 7.77. The molecule has 2 amide bonds. The van der Waals surface area contributed by atoms with Gasteiger partial charge in [-0.15, -0.1) is 0 Å². The van der Waals surface area contributed by atoms with Crippen molar-refractivity contribution in [2.45, 2.75) is 44.7 Å². The summed E-state index contributed by atoms with van der Waals surface area (Å²) in [6.07, 6.45) is 3.72. The summed E-state index contributed by atoms with van der Waals surface area (Å²) >= 11 is 6.17. The summed E-state index contributed by atoms with van der Waals surface area (Å²) in [6.45, 7) is 2.82. The van der Waals surface area contributed by atoms with E-state index in [9.17, 15) is 4.79 Å². The number of hydrogen-bond donors (Lipinski definition) is 2. The van der Waals surface area contributed by atoms with Crippen molar-refractivity contribution >= 4 is 17.6 Å². The first kappa shape index (κ1) is 16.1. The third kappa shape index (κ3) is 4.61. The molecule has 21 heavy (non-hydrogen) atoms. The first-order valence-corrected chi connectivity index (χ1v) is 7.93. The van der Waals surface area contributed by atoms with Crippen LogP contribution in [0, 0.1) is 0 Å². The normalized spacial score (nSPS) is 15.6. The fraction of sp³-hybridized carbons (Fsp3) is 0.562. The van der Waals surface area contributed by atoms with E-state index in [1.54, 1.807) is 0 Å². The maximum absolute atomic E-state index is 12.4. The number of urea groups is 1. The Morgan fingerprint density at radius 3 is 2.76 bits per heavy atom. The number of aliphatic hydroxyl groups is 1. The van der Waals surface area contributed by atoms with Gasteiger partial charge in [-0.05, 0) is 44.2 Å². The van der Waals surface area contributed by atoms with Crippen LogP contribution in [0.1, 0.15) is 44.2 Å². The van der Waals surface area contributed by atoms with Gasteiger partial charge in [0.1, 0.15) is 0 Å². The summed E-state index contributed by atoms with van der Waals surface area (Å²) < 4.78 is 0. The smallest absolute Gasteiger partial charge is 0.318 e. The van der Waals surface area contributed by atoms with E-state index in [4.69, 9.17) is 16.7 Å². The Balaban J connectivity index is 1.93. The number of rotatable bonds is 7. The van der Waals surface area contributed by atoms with E-state index in [1.807, 2.05) is 36.1 Å². The molecule has 0 radical (unpaired) electrons. The molecule has 1 fully saturated rings. The van der Waals surface area contributed by atoms with Crippen molar-refractivity contribution in [1.82, 2.24) is 10.2 Å². The van der Waals surface area contributed by atoms with Crippen LogP contribution in [0.15, 0.2) is 24.3 Å². The van der Waals surface area contributed by atoms with E-state index < -0.39 is 0 Å². The second kappa shape index (κ2) is 7.66. The molecular formula is C16H23ClN2O2. The molecule has 2 N–H and O–H groups in total. The Hall–Kier alpha value is -1.26. The molecule has 1 aliphatic carbocycles. The maximum Gasteiger partial charge on any atom is 0.318 e. The fourth-order valence-electron chi connectivity index (χ4n) is 2.40. The van der Waals surface area contributed by atoms with Crippen LogP contribution in [0.4, 0.5) is 4.79 Å². The lowest BCUT2D eigenvalue weighted by Gasteiger charge is -2.25. The van der Waals surface area contributed by atoms with Gasteiger partial charge in [0, 0.05) is 24.2 Å². The molecular weight excluding hydrogens is 288 g/mol. The fourth-order valence-corrected chi connectivity index (χ4v) is 2.70. The van der Waals surface area contributed by atoms with Gasteiger partial charge < -0.3 is 15.3 Å². The Kier molecular flexibility index (Phi) is 5.88. The van der Waals surface area contributed by atoms with Gasteiger partial charge in [0.15, 0.2) is 0 Å². The summed E-state index contributed by atoms with van der Waals surface area (Å²) in [5.74, 6) is 0. The number of halogens is 1. The van der Waals surface area contributed by atoms with Gasteiger partial charge in [0.2, 0.25) is 0 Å². The molecule has 0 spiro atoms. The third-order valence-corrected chi connectivity index (χ3v) is 4.11. The minimum Gasteiger partial charge on any atom is -0.396 e. The highest BCUT2D eigenvalue weighted by Gasteiger charge is 2.32. The Bertz CT molecular complexity index is 477. The summed E-state index contributed by atoms with van der Waals surface area (Å²) in [5.41, 5.74) is 0.929. The van der Waals surface area contributed by atoms with Crippen molar-refractivity contribution in [1.29, 1.82) is 0 Å². The molecule has 0 aromatic heterocycles.